The molecule has 0 fully saturated rings. The number of aliphatic imine (C=N–C) groups is 2. The second-order valence-corrected chi connectivity index (χ2v) is 10.2. The molecule has 2 aromatic carbocycles. The summed E-state index contributed by atoms with van der Waals surface area (Å²) >= 11 is 6.62. The fourth-order valence-corrected chi connectivity index (χ4v) is 4.99. The molecule has 1 heterocycles. The first-order valence-corrected chi connectivity index (χ1v) is 14.3. The number of aromatic nitrogens is 1. The zero-order valence-electron chi connectivity index (χ0n) is 25.0. The third-order valence-corrected chi connectivity index (χ3v) is 6.79. The molecule has 0 atom stereocenters. The van der Waals surface area contributed by atoms with Crippen molar-refractivity contribution >= 4 is 34.4 Å². The Hall–Kier alpha value is -1.39. The van der Waals surface area contributed by atoms with Crippen molar-refractivity contribution in [1.82, 2.24) is 4.98 Å². The van der Waals surface area contributed by atoms with Crippen LogP contribution in [0, 0.1) is 0 Å². The van der Waals surface area contributed by atoms with E-state index in [9.17, 15) is 0 Å². The molecule has 0 amide bonds. The van der Waals surface area contributed by atoms with E-state index in [1.807, 2.05) is 26.0 Å². The van der Waals surface area contributed by atoms with Gasteiger partial charge in [0, 0.05) is 5.02 Å². The second kappa shape index (κ2) is 21.3. The first kappa shape index (κ1) is 41.7. The van der Waals surface area contributed by atoms with Crippen molar-refractivity contribution in [2.45, 2.75) is 92.9 Å². The van der Waals surface area contributed by atoms with Crippen molar-refractivity contribution in [1.29, 1.82) is 0 Å². The van der Waals surface area contributed by atoms with Gasteiger partial charge in [-0.15, -0.1) is 0 Å². The van der Waals surface area contributed by atoms with Crippen LogP contribution in [-0.4, -0.2) is 16.4 Å². The number of rotatable bonds is 12. The number of benzene rings is 2. The Morgan fingerprint density at radius 1 is 0.610 bits per heavy atom. The number of aryl methyl sites for hydroxylation is 4. The van der Waals surface area contributed by atoms with Crippen LogP contribution in [-0.2, 0) is 42.8 Å². The Bertz CT molecular complexity index is 1130. The van der Waals surface area contributed by atoms with Crippen LogP contribution in [0.25, 0.3) is 0 Å². The maximum atomic E-state index is 6.62. The maximum absolute atomic E-state index is 6.62. The molecule has 3 rings (SSSR count). The van der Waals surface area contributed by atoms with E-state index in [1.54, 1.807) is 0 Å². The van der Waals surface area contributed by atoms with Gasteiger partial charge < -0.3 is 37.2 Å². The molecular weight excluding hydrogens is 636 g/mol. The van der Waals surface area contributed by atoms with Crippen LogP contribution < -0.4 is 37.2 Å². The number of halogens is 4. The van der Waals surface area contributed by atoms with Gasteiger partial charge in [0.2, 0.25) is 0 Å². The molecule has 0 unspecified atom stereocenters. The van der Waals surface area contributed by atoms with Crippen molar-refractivity contribution in [2.75, 3.05) is 0 Å². The van der Waals surface area contributed by atoms with E-state index in [0.717, 1.165) is 85.6 Å². The molecule has 0 N–H and O–H groups in total. The van der Waals surface area contributed by atoms with Gasteiger partial charge in [0.1, 0.15) is 0 Å². The van der Waals surface area contributed by atoms with Crippen molar-refractivity contribution in [3.05, 3.63) is 87.2 Å². The van der Waals surface area contributed by atoms with Crippen molar-refractivity contribution in [3.8, 4) is 0 Å². The molecule has 8 heteroatoms. The molecule has 0 saturated carbocycles. The minimum absolute atomic E-state index is 0. The molecular formula is C33H42Cl4FeN3. The van der Waals surface area contributed by atoms with E-state index in [-0.39, 0.29) is 54.3 Å². The normalized spacial score (nSPS) is 11.1. The molecule has 1 radical (unpaired) electrons. The molecule has 3 nitrogen and oxygen atoms in total. The number of pyridine rings is 1. The molecule has 3 aromatic rings. The maximum Gasteiger partial charge on any atom is 3.00 e. The predicted molar refractivity (Wildman–Crippen MR) is 162 cm³/mol. The summed E-state index contributed by atoms with van der Waals surface area (Å²) in [5.74, 6) is 0. The quantitative estimate of drug-likeness (QED) is 0.207. The average molecular weight is 678 g/mol. The van der Waals surface area contributed by atoms with Crippen LogP contribution >= 0.6 is 11.6 Å². The van der Waals surface area contributed by atoms with Gasteiger partial charge in [0.15, 0.2) is 0 Å². The monoisotopic (exact) mass is 676 g/mol. The van der Waals surface area contributed by atoms with Gasteiger partial charge in [-0.05, 0) is 73.9 Å². The minimum atomic E-state index is 0. The zero-order chi connectivity index (χ0) is 26.8. The topological polar surface area (TPSA) is 37.6 Å². The number of hydrogen-bond acceptors (Lipinski definition) is 3. The molecule has 0 saturated heterocycles. The third kappa shape index (κ3) is 11.7. The van der Waals surface area contributed by atoms with Gasteiger partial charge in [-0.1, -0.05) is 101 Å². The molecule has 0 aliphatic heterocycles. The largest absolute Gasteiger partial charge is 3.00 e. The standard InChI is InChI=1S/C33H42ClN3.3ClH.Fe/c1-7-13-25-17-11-18-26(14-8-2)32(25)35-23(5)30-21-29(34)22-31(37-30)24(6)36-33-27(15-9-3)19-12-20-28(33)16-10-4;;;;/h11-12,17-22H,7-10,13-16H2,1-6H3;3*1H;/q;;;;+3/p-3. The number of nitrogens with zero attached hydrogens (tertiary/aromatic N) is 3. The first-order chi connectivity index (χ1) is 17.9. The minimum Gasteiger partial charge on any atom is -1.00 e. The summed E-state index contributed by atoms with van der Waals surface area (Å²) in [5.41, 5.74) is 10.7. The van der Waals surface area contributed by atoms with Crippen LogP contribution in [0.3, 0.4) is 0 Å². The van der Waals surface area contributed by atoms with E-state index < -0.39 is 0 Å². The average Bonchev–Trinajstić information content (AvgIpc) is 2.87. The van der Waals surface area contributed by atoms with Crippen molar-refractivity contribution in [2.24, 2.45) is 9.98 Å². The van der Waals surface area contributed by atoms with Gasteiger partial charge in [-0.25, -0.2) is 4.98 Å². The van der Waals surface area contributed by atoms with Crippen molar-refractivity contribution in [3.63, 3.8) is 0 Å². The van der Waals surface area contributed by atoms with Crippen LogP contribution in [0.1, 0.15) is 101 Å². The summed E-state index contributed by atoms with van der Waals surface area (Å²) in [6.07, 6.45) is 8.42. The Labute approximate surface area is 282 Å². The summed E-state index contributed by atoms with van der Waals surface area (Å²) in [7, 11) is 0. The zero-order valence-corrected chi connectivity index (χ0v) is 29.1. The van der Waals surface area contributed by atoms with Gasteiger partial charge in [0.05, 0.1) is 34.2 Å². The first-order valence-electron chi connectivity index (χ1n) is 13.9. The third-order valence-electron chi connectivity index (χ3n) is 6.57. The molecule has 0 bridgehead atoms. The van der Waals surface area contributed by atoms with Gasteiger partial charge in [0.25, 0.3) is 0 Å². The van der Waals surface area contributed by atoms with Crippen LogP contribution in [0.15, 0.2) is 58.5 Å². The van der Waals surface area contributed by atoms with E-state index in [0.29, 0.717) is 5.02 Å². The Balaban J connectivity index is 0. The summed E-state index contributed by atoms with van der Waals surface area (Å²) in [6, 6.07) is 16.9. The summed E-state index contributed by atoms with van der Waals surface area (Å²) in [5, 5.41) is 0.648. The van der Waals surface area contributed by atoms with Crippen LogP contribution in [0.2, 0.25) is 5.02 Å². The number of para-hydroxylation sites is 2. The van der Waals surface area contributed by atoms with E-state index in [4.69, 9.17) is 26.6 Å². The Morgan fingerprint density at radius 2 is 0.902 bits per heavy atom. The molecule has 41 heavy (non-hydrogen) atoms. The second-order valence-electron chi connectivity index (χ2n) is 9.80. The van der Waals surface area contributed by atoms with Gasteiger partial charge in [-0.3, -0.25) is 9.98 Å². The molecule has 1 aromatic heterocycles. The fourth-order valence-electron chi connectivity index (χ4n) is 4.78. The fraction of sp³-hybridized carbons (Fsp3) is 0.424. The van der Waals surface area contributed by atoms with Gasteiger partial charge >= 0.3 is 17.1 Å². The number of hydrogen-bond donors (Lipinski definition) is 0. The Morgan fingerprint density at radius 3 is 1.17 bits per heavy atom. The summed E-state index contributed by atoms with van der Waals surface area (Å²) < 4.78 is 0. The molecule has 0 spiro atoms. The van der Waals surface area contributed by atoms with E-state index in [1.165, 1.54) is 22.3 Å². The van der Waals surface area contributed by atoms with Crippen molar-refractivity contribution < 1.29 is 54.3 Å². The van der Waals surface area contributed by atoms with Crippen LogP contribution in [0.4, 0.5) is 11.4 Å². The Kier molecular flexibility index (Phi) is 21.7. The molecule has 0 aliphatic rings. The van der Waals surface area contributed by atoms with Crippen LogP contribution in [0.5, 0.6) is 0 Å². The smallest absolute Gasteiger partial charge is 1.00 e. The summed E-state index contributed by atoms with van der Waals surface area (Å²) in [6.45, 7) is 12.9. The SMILES string of the molecule is CCCc1cccc(CCC)c1N=C(C)c1cc(Cl)cc(C(C)=Nc2c(CCC)cccc2CCC)n1.[Cl-].[Cl-].[Cl-].[Fe+3]. The van der Waals surface area contributed by atoms with E-state index in [2.05, 4.69) is 64.1 Å². The van der Waals surface area contributed by atoms with E-state index >= 15 is 0 Å². The molecule has 225 valence electrons. The summed E-state index contributed by atoms with van der Waals surface area (Å²) in [4.78, 5) is 15.2. The van der Waals surface area contributed by atoms with Gasteiger partial charge in [-0.2, -0.15) is 0 Å². The predicted octanol–water partition coefficient (Wildman–Crippen LogP) is 0.836. The molecule has 0 aliphatic carbocycles.